The lowest BCUT2D eigenvalue weighted by Gasteiger charge is -2.36. The molecule has 2 heterocycles. The molecule has 1 aromatic heterocycles. The van der Waals surface area contributed by atoms with E-state index >= 15 is 0 Å². The lowest BCUT2D eigenvalue weighted by molar-refractivity contribution is 0.102. The van der Waals surface area contributed by atoms with E-state index in [0.29, 0.717) is 39.3 Å². The summed E-state index contributed by atoms with van der Waals surface area (Å²) < 4.78 is 0. The average Bonchev–Trinajstić information content (AvgIpc) is 2.74. The van der Waals surface area contributed by atoms with Gasteiger partial charge < -0.3 is 10.2 Å². The number of amides is 1. The Kier molecular flexibility index (Phi) is 8.80. The van der Waals surface area contributed by atoms with Gasteiger partial charge in [0, 0.05) is 42.0 Å². The Morgan fingerprint density at radius 2 is 1.81 bits per heavy atom. The molecule has 2 aromatic rings. The van der Waals surface area contributed by atoms with Crippen molar-refractivity contribution in [2.75, 3.05) is 29.9 Å². The van der Waals surface area contributed by atoms with Gasteiger partial charge in [0.25, 0.3) is 5.91 Å². The summed E-state index contributed by atoms with van der Waals surface area (Å²) in [5.41, 5.74) is 1.13. The third kappa shape index (κ3) is 6.60. The molecule has 7 heteroatoms. The maximum atomic E-state index is 12.8. The molecular weight excluding hydrogens is 443 g/mol. The first kappa shape index (κ1) is 24.8. The van der Waals surface area contributed by atoms with E-state index in [9.17, 15) is 4.79 Å². The number of hydrogen-bond donors (Lipinski definition) is 1. The number of piperidine rings is 1. The maximum absolute atomic E-state index is 12.8. The molecule has 1 aliphatic heterocycles. The molecule has 0 spiro atoms. The van der Waals surface area contributed by atoms with Crippen molar-refractivity contribution in [3.63, 3.8) is 0 Å². The van der Waals surface area contributed by atoms with E-state index in [1.807, 2.05) is 0 Å². The number of benzene rings is 1. The van der Waals surface area contributed by atoms with E-state index in [4.69, 9.17) is 23.2 Å². The van der Waals surface area contributed by atoms with Gasteiger partial charge >= 0.3 is 0 Å². The van der Waals surface area contributed by atoms with E-state index in [1.54, 1.807) is 36.5 Å². The van der Waals surface area contributed by atoms with Gasteiger partial charge in [-0.1, -0.05) is 29.3 Å². The quantitative estimate of drug-likeness (QED) is 0.480. The van der Waals surface area contributed by atoms with Crippen molar-refractivity contribution in [2.45, 2.75) is 59.0 Å². The molecule has 1 amide bonds. The summed E-state index contributed by atoms with van der Waals surface area (Å²) in [5.74, 6) is 1.26. The van der Waals surface area contributed by atoms with E-state index in [0.717, 1.165) is 38.3 Å². The number of rotatable bonds is 8. The maximum Gasteiger partial charge on any atom is 0.255 e. The van der Waals surface area contributed by atoms with E-state index in [-0.39, 0.29) is 5.91 Å². The summed E-state index contributed by atoms with van der Waals surface area (Å²) in [5, 5.41) is 3.99. The summed E-state index contributed by atoms with van der Waals surface area (Å²) in [7, 11) is 0. The molecule has 0 saturated carbocycles. The molecule has 3 rings (SSSR count). The number of aromatic nitrogens is 1. The number of nitrogens with zero attached hydrogens (tertiary/aromatic N) is 3. The number of pyridine rings is 1. The second-order valence-corrected chi connectivity index (χ2v) is 10.0. The lowest BCUT2D eigenvalue weighted by Crippen LogP contribution is -2.40. The molecule has 1 saturated heterocycles. The summed E-state index contributed by atoms with van der Waals surface area (Å²) in [6.45, 7) is 12.1. The zero-order valence-corrected chi connectivity index (χ0v) is 21.0. The number of halogens is 2. The Morgan fingerprint density at radius 3 is 2.44 bits per heavy atom. The largest absolute Gasteiger partial charge is 0.355 e. The predicted molar refractivity (Wildman–Crippen MR) is 135 cm³/mol. The van der Waals surface area contributed by atoms with Crippen LogP contribution in [0.15, 0.2) is 36.5 Å². The number of nitrogens with one attached hydrogen (secondary N) is 1. The van der Waals surface area contributed by atoms with Crippen LogP contribution in [0.5, 0.6) is 0 Å². The monoisotopic (exact) mass is 476 g/mol. The van der Waals surface area contributed by atoms with Crippen LogP contribution >= 0.6 is 23.2 Å². The van der Waals surface area contributed by atoms with Crippen LogP contribution in [0.25, 0.3) is 0 Å². The van der Waals surface area contributed by atoms with Gasteiger partial charge in [-0.3, -0.25) is 9.69 Å². The molecule has 32 heavy (non-hydrogen) atoms. The average molecular weight is 477 g/mol. The highest BCUT2D eigenvalue weighted by atomic mass is 35.5. The highest BCUT2D eigenvalue weighted by molar-refractivity contribution is 6.31. The molecule has 1 aliphatic rings. The summed E-state index contributed by atoms with van der Waals surface area (Å²) >= 11 is 12.2. The summed E-state index contributed by atoms with van der Waals surface area (Å²) in [4.78, 5) is 22.1. The molecule has 0 bridgehead atoms. The molecule has 1 aromatic carbocycles. The van der Waals surface area contributed by atoms with E-state index in [1.165, 1.54) is 6.42 Å². The fraction of sp³-hybridized carbons (Fsp3) is 0.520. The molecule has 174 valence electrons. The van der Waals surface area contributed by atoms with Crippen LogP contribution in [0.3, 0.4) is 0 Å². The second kappa shape index (κ2) is 11.4. The minimum atomic E-state index is -0.227. The standard InChI is InChI=1S/C25H34Cl2N4O/c1-17(2)31(18(3)4)13-10-19-8-11-30(12-9-19)24-23(15-22(27)16-28-24)29-25(32)20-6-5-7-21(26)14-20/h5-7,14-19H,8-13H2,1-4H3,(H,29,32). The Balaban J connectivity index is 1.63. The summed E-state index contributed by atoms with van der Waals surface area (Å²) in [6.07, 6.45) is 5.10. The molecule has 1 fully saturated rings. The number of hydrogen-bond acceptors (Lipinski definition) is 4. The van der Waals surface area contributed by atoms with Crippen molar-refractivity contribution in [3.05, 3.63) is 52.1 Å². The van der Waals surface area contributed by atoms with E-state index < -0.39 is 0 Å². The molecule has 1 N–H and O–H groups in total. The van der Waals surface area contributed by atoms with Crippen molar-refractivity contribution in [2.24, 2.45) is 5.92 Å². The third-order valence-electron chi connectivity index (χ3n) is 6.20. The highest BCUT2D eigenvalue weighted by Crippen LogP contribution is 2.31. The van der Waals surface area contributed by atoms with Gasteiger partial charge in [0.2, 0.25) is 0 Å². The molecule has 5 nitrogen and oxygen atoms in total. The van der Waals surface area contributed by atoms with Crippen LogP contribution < -0.4 is 10.2 Å². The van der Waals surface area contributed by atoms with Crippen LogP contribution in [0.1, 0.15) is 57.3 Å². The fourth-order valence-corrected chi connectivity index (χ4v) is 4.83. The molecule has 0 radical (unpaired) electrons. The summed E-state index contributed by atoms with van der Waals surface area (Å²) in [6, 6.07) is 9.80. The van der Waals surface area contributed by atoms with Gasteiger partial charge in [-0.05, 0) is 83.7 Å². The minimum absolute atomic E-state index is 0.227. The van der Waals surface area contributed by atoms with Gasteiger partial charge in [-0.25, -0.2) is 4.98 Å². The molecule has 0 atom stereocenters. The van der Waals surface area contributed by atoms with Gasteiger partial charge in [-0.2, -0.15) is 0 Å². The SMILES string of the molecule is CC(C)N(CCC1CCN(c2ncc(Cl)cc2NC(=O)c2cccc(Cl)c2)CC1)C(C)C. The molecule has 0 unspecified atom stereocenters. The van der Waals surface area contributed by atoms with Crippen LogP contribution in [0.4, 0.5) is 11.5 Å². The Bertz CT molecular complexity index is 903. The van der Waals surface area contributed by atoms with Crippen molar-refractivity contribution >= 4 is 40.6 Å². The minimum Gasteiger partial charge on any atom is -0.355 e. The Morgan fingerprint density at radius 1 is 1.12 bits per heavy atom. The first-order valence-corrected chi connectivity index (χ1v) is 12.2. The van der Waals surface area contributed by atoms with Crippen molar-refractivity contribution < 1.29 is 4.79 Å². The first-order valence-electron chi connectivity index (χ1n) is 11.5. The van der Waals surface area contributed by atoms with Gasteiger partial charge in [-0.15, -0.1) is 0 Å². The van der Waals surface area contributed by atoms with Crippen molar-refractivity contribution in [1.82, 2.24) is 9.88 Å². The number of carbonyl (C=O) groups excluding carboxylic acids is 1. The highest BCUT2D eigenvalue weighted by Gasteiger charge is 2.24. The second-order valence-electron chi connectivity index (χ2n) is 9.13. The lowest BCUT2D eigenvalue weighted by atomic mass is 9.93. The smallest absolute Gasteiger partial charge is 0.255 e. The van der Waals surface area contributed by atoms with Gasteiger partial charge in [0.15, 0.2) is 5.82 Å². The zero-order valence-electron chi connectivity index (χ0n) is 19.4. The van der Waals surface area contributed by atoms with Crippen LogP contribution in [-0.4, -0.2) is 47.5 Å². The first-order chi connectivity index (χ1) is 15.2. The number of carbonyl (C=O) groups is 1. The Labute approximate surface area is 202 Å². The van der Waals surface area contributed by atoms with Crippen LogP contribution in [0, 0.1) is 5.92 Å². The number of anilines is 2. The van der Waals surface area contributed by atoms with Gasteiger partial charge in [0.1, 0.15) is 0 Å². The van der Waals surface area contributed by atoms with Crippen molar-refractivity contribution in [3.8, 4) is 0 Å². The third-order valence-corrected chi connectivity index (χ3v) is 6.65. The van der Waals surface area contributed by atoms with E-state index in [2.05, 4.69) is 47.8 Å². The van der Waals surface area contributed by atoms with Crippen molar-refractivity contribution in [1.29, 1.82) is 0 Å². The molecule has 0 aliphatic carbocycles. The Hall–Kier alpha value is -1.82. The molecular formula is C25H34Cl2N4O. The van der Waals surface area contributed by atoms with Crippen LogP contribution in [0.2, 0.25) is 10.0 Å². The topological polar surface area (TPSA) is 48.5 Å². The fourth-order valence-electron chi connectivity index (χ4n) is 4.48. The van der Waals surface area contributed by atoms with Crippen LogP contribution in [-0.2, 0) is 0 Å². The predicted octanol–water partition coefficient (Wildman–Crippen LogP) is 6.37. The zero-order chi connectivity index (χ0) is 23.3. The van der Waals surface area contributed by atoms with Gasteiger partial charge in [0.05, 0.1) is 10.7 Å². The normalized spacial score (nSPS) is 15.1.